The van der Waals surface area contributed by atoms with Crippen LogP contribution in [-0.4, -0.2) is 11.8 Å². The third-order valence-corrected chi connectivity index (χ3v) is 4.27. The summed E-state index contributed by atoms with van der Waals surface area (Å²) in [4.78, 5) is 25.4. The summed E-state index contributed by atoms with van der Waals surface area (Å²) in [5, 5.41) is 6.11. The zero-order chi connectivity index (χ0) is 19.9. The Morgan fingerprint density at radius 3 is 2.14 bits per heavy atom. The van der Waals surface area contributed by atoms with Gasteiger partial charge in [0.2, 0.25) is 0 Å². The van der Waals surface area contributed by atoms with Gasteiger partial charge in [0.15, 0.2) is 0 Å². The Balaban J connectivity index is 1.86. The fourth-order valence-electron chi connectivity index (χ4n) is 2.50. The van der Waals surface area contributed by atoms with E-state index in [0.717, 1.165) is 11.1 Å². The zero-order valence-corrected chi connectivity index (χ0v) is 16.0. The van der Waals surface area contributed by atoms with Crippen LogP contribution in [0.25, 0.3) is 6.08 Å². The van der Waals surface area contributed by atoms with Gasteiger partial charge >= 0.3 is 0 Å². The van der Waals surface area contributed by atoms with E-state index in [0.29, 0.717) is 16.3 Å². The van der Waals surface area contributed by atoms with Crippen molar-refractivity contribution in [3.8, 4) is 0 Å². The molecule has 4 nitrogen and oxygen atoms in total. The van der Waals surface area contributed by atoms with E-state index < -0.39 is 5.91 Å². The third kappa shape index (κ3) is 5.32. The molecule has 140 valence electrons. The topological polar surface area (TPSA) is 58.2 Å². The summed E-state index contributed by atoms with van der Waals surface area (Å²) in [7, 11) is 0. The predicted molar refractivity (Wildman–Crippen MR) is 113 cm³/mol. The van der Waals surface area contributed by atoms with Crippen LogP contribution in [0.2, 0.25) is 5.02 Å². The summed E-state index contributed by atoms with van der Waals surface area (Å²) in [5.41, 5.74) is 3.08. The number of rotatable bonds is 5. The first-order valence-electron chi connectivity index (χ1n) is 8.73. The molecule has 0 radical (unpaired) electrons. The van der Waals surface area contributed by atoms with Crippen LogP contribution in [0.1, 0.15) is 21.5 Å². The molecule has 0 aliphatic heterocycles. The van der Waals surface area contributed by atoms with Gasteiger partial charge < -0.3 is 10.6 Å². The molecule has 0 spiro atoms. The number of nitrogens with one attached hydrogen (secondary N) is 2. The highest BCUT2D eigenvalue weighted by atomic mass is 35.5. The normalized spacial score (nSPS) is 11.0. The molecule has 0 heterocycles. The highest BCUT2D eigenvalue weighted by Crippen LogP contribution is 2.14. The van der Waals surface area contributed by atoms with E-state index in [2.05, 4.69) is 10.6 Å². The van der Waals surface area contributed by atoms with Crippen molar-refractivity contribution in [2.75, 3.05) is 5.32 Å². The molecular formula is C23H19ClN2O2. The molecule has 3 aromatic rings. The Bertz CT molecular complexity index is 995. The average molecular weight is 391 g/mol. The summed E-state index contributed by atoms with van der Waals surface area (Å²) in [6.07, 6.45) is 1.61. The number of hydrogen-bond donors (Lipinski definition) is 2. The SMILES string of the molecule is Cc1ccc(NC(=O)/C(=C\c2ccc(Cl)cc2)NC(=O)c2ccccc2)cc1. The lowest BCUT2D eigenvalue weighted by Crippen LogP contribution is -2.30. The van der Waals surface area contributed by atoms with Gasteiger partial charge in [0, 0.05) is 16.3 Å². The van der Waals surface area contributed by atoms with Crippen molar-refractivity contribution in [1.29, 1.82) is 0 Å². The molecule has 0 unspecified atom stereocenters. The standard InChI is InChI=1S/C23H19ClN2O2/c1-16-7-13-20(14-8-16)25-23(28)21(15-17-9-11-19(24)12-10-17)26-22(27)18-5-3-2-4-6-18/h2-15H,1H3,(H,25,28)(H,26,27)/b21-15+. The second kappa shape index (κ2) is 9.02. The van der Waals surface area contributed by atoms with Crippen LogP contribution in [0, 0.1) is 6.92 Å². The average Bonchev–Trinajstić information content (AvgIpc) is 2.71. The first kappa shape index (κ1) is 19.4. The van der Waals surface area contributed by atoms with Crippen molar-refractivity contribution in [2.24, 2.45) is 0 Å². The number of halogens is 1. The Kier molecular flexibility index (Phi) is 6.25. The van der Waals surface area contributed by atoms with Crippen molar-refractivity contribution in [1.82, 2.24) is 5.32 Å². The molecule has 0 atom stereocenters. The molecule has 0 fully saturated rings. The molecule has 0 bridgehead atoms. The van der Waals surface area contributed by atoms with Gasteiger partial charge in [-0.2, -0.15) is 0 Å². The van der Waals surface area contributed by atoms with Crippen molar-refractivity contribution in [3.63, 3.8) is 0 Å². The molecule has 3 rings (SSSR count). The summed E-state index contributed by atoms with van der Waals surface area (Å²) in [5.74, 6) is -0.775. The highest BCUT2D eigenvalue weighted by Gasteiger charge is 2.15. The summed E-state index contributed by atoms with van der Waals surface area (Å²) in [6, 6.07) is 23.2. The molecule has 28 heavy (non-hydrogen) atoms. The molecular weight excluding hydrogens is 372 g/mol. The predicted octanol–water partition coefficient (Wildman–Crippen LogP) is 5.06. The Labute approximate surface area is 168 Å². The molecule has 0 aromatic heterocycles. The van der Waals surface area contributed by atoms with Crippen LogP contribution in [0.5, 0.6) is 0 Å². The van der Waals surface area contributed by atoms with Gasteiger partial charge in [-0.15, -0.1) is 0 Å². The number of carbonyl (C=O) groups is 2. The Morgan fingerprint density at radius 2 is 1.50 bits per heavy atom. The number of hydrogen-bond acceptors (Lipinski definition) is 2. The molecule has 0 saturated carbocycles. The van der Waals surface area contributed by atoms with Gasteiger partial charge in [-0.1, -0.05) is 59.6 Å². The van der Waals surface area contributed by atoms with Crippen LogP contribution in [0.3, 0.4) is 0 Å². The van der Waals surface area contributed by atoms with E-state index in [1.165, 1.54) is 0 Å². The summed E-state index contributed by atoms with van der Waals surface area (Å²) in [6.45, 7) is 1.97. The second-order valence-corrected chi connectivity index (χ2v) is 6.69. The Morgan fingerprint density at radius 1 is 0.857 bits per heavy atom. The van der Waals surface area contributed by atoms with Gasteiger partial charge in [0.05, 0.1) is 0 Å². The summed E-state index contributed by atoms with van der Waals surface area (Å²) < 4.78 is 0. The molecule has 0 aliphatic carbocycles. The van der Waals surface area contributed by atoms with Crippen LogP contribution in [0.15, 0.2) is 84.6 Å². The van der Waals surface area contributed by atoms with Gasteiger partial charge in [0.1, 0.15) is 5.70 Å². The quantitative estimate of drug-likeness (QED) is 0.598. The number of anilines is 1. The maximum absolute atomic E-state index is 12.8. The lowest BCUT2D eigenvalue weighted by Gasteiger charge is -2.11. The Hall–Kier alpha value is -3.37. The minimum Gasteiger partial charge on any atom is -0.321 e. The number of amides is 2. The highest BCUT2D eigenvalue weighted by molar-refractivity contribution is 6.30. The van der Waals surface area contributed by atoms with Gasteiger partial charge in [-0.3, -0.25) is 9.59 Å². The van der Waals surface area contributed by atoms with E-state index in [-0.39, 0.29) is 11.6 Å². The van der Waals surface area contributed by atoms with Gasteiger partial charge in [-0.25, -0.2) is 0 Å². The maximum Gasteiger partial charge on any atom is 0.272 e. The second-order valence-electron chi connectivity index (χ2n) is 6.25. The van der Waals surface area contributed by atoms with Crippen LogP contribution in [-0.2, 0) is 4.79 Å². The van der Waals surface area contributed by atoms with E-state index in [1.807, 2.05) is 37.3 Å². The van der Waals surface area contributed by atoms with Gasteiger partial charge in [0.25, 0.3) is 11.8 Å². The van der Waals surface area contributed by atoms with E-state index in [9.17, 15) is 9.59 Å². The first-order chi connectivity index (χ1) is 13.5. The molecule has 2 N–H and O–H groups in total. The van der Waals surface area contributed by atoms with E-state index >= 15 is 0 Å². The third-order valence-electron chi connectivity index (χ3n) is 4.02. The minimum atomic E-state index is -0.414. The zero-order valence-electron chi connectivity index (χ0n) is 15.3. The van der Waals surface area contributed by atoms with Crippen LogP contribution in [0.4, 0.5) is 5.69 Å². The summed E-state index contributed by atoms with van der Waals surface area (Å²) >= 11 is 5.93. The number of aryl methyl sites for hydroxylation is 1. The monoisotopic (exact) mass is 390 g/mol. The minimum absolute atomic E-state index is 0.136. The lowest BCUT2D eigenvalue weighted by atomic mass is 10.1. The lowest BCUT2D eigenvalue weighted by molar-refractivity contribution is -0.113. The van der Waals surface area contributed by atoms with Crippen molar-refractivity contribution in [2.45, 2.75) is 6.92 Å². The first-order valence-corrected chi connectivity index (χ1v) is 9.11. The van der Waals surface area contributed by atoms with E-state index in [4.69, 9.17) is 11.6 Å². The van der Waals surface area contributed by atoms with Crippen molar-refractivity contribution >= 4 is 35.2 Å². The largest absolute Gasteiger partial charge is 0.321 e. The number of benzene rings is 3. The smallest absolute Gasteiger partial charge is 0.272 e. The molecule has 0 aliphatic rings. The van der Waals surface area contributed by atoms with Crippen LogP contribution < -0.4 is 10.6 Å². The fourth-order valence-corrected chi connectivity index (χ4v) is 2.63. The maximum atomic E-state index is 12.8. The number of carbonyl (C=O) groups excluding carboxylic acids is 2. The van der Waals surface area contributed by atoms with Crippen molar-refractivity contribution in [3.05, 3.63) is 106 Å². The fraction of sp³-hybridized carbons (Fsp3) is 0.0435. The molecule has 3 aromatic carbocycles. The van der Waals surface area contributed by atoms with Gasteiger partial charge in [-0.05, 0) is 55.0 Å². The molecule has 2 amide bonds. The molecule has 5 heteroatoms. The molecule has 0 saturated heterocycles. The van der Waals surface area contributed by atoms with E-state index in [1.54, 1.807) is 54.6 Å². The van der Waals surface area contributed by atoms with Crippen molar-refractivity contribution < 1.29 is 9.59 Å². The van der Waals surface area contributed by atoms with Crippen LogP contribution >= 0.6 is 11.6 Å².